The van der Waals surface area contributed by atoms with Crippen molar-refractivity contribution >= 4 is 27.5 Å². The fourth-order valence-electron chi connectivity index (χ4n) is 2.76. The molecule has 0 aliphatic rings. The molecule has 0 aliphatic carbocycles. The van der Waals surface area contributed by atoms with Crippen LogP contribution in [0.1, 0.15) is 36.5 Å². The Morgan fingerprint density at radius 3 is 2.75 bits per heavy atom. The molecule has 1 heterocycles. The number of carbonyl (C=O) groups excluding carboxylic acids is 1. The maximum Gasteiger partial charge on any atom is 0.279 e. The lowest BCUT2D eigenvalue weighted by molar-refractivity contribution is 0.0998. The van der Waals surface area contributed by atoms with Gasteiger partial charge >= 0.3 is 0 Å². The number of thiazole rings is 1. The second-order valence-electron chi connectivity index (χ2n) is 6.28. The van der Waals surface area contributed by atoms with Gasteiger partial charge in [0.1, 0.15) is 11.6 Å². The zero-order valence-electron chi connectivity index (χ0n) is 15.7. The van der Waals surface area contributed by atoms with Crippen molar-refractivity contribution in [2.45, 2.75) is 32.7 Å². The van der Waals surface area contributed by atoms with E-state index in [1.807, 2.05) is 0 Å². The van der Waals surface area contributed by atoms with Gasteiger partial charge in [0.2, 0.25) is 0 Å². The minimum Gasteiger partial charge on any atom is -0.494 e. The van der Waals surface area contributed by atoms with Gasteiger partial charge in [0.15, 0.2) is 4.80 Å². The van der Waals surface area contributed by atoms with Crippen LogP contribution in [0.2, 0.25) is 0 Å². The van der Waals surface area contributed by atoms with Crippen LogP contribution in [-0.2, 0) is 6.54 Å². The molecule has 1 amide bonds. The first-order chi connectivity index (χ1) is 13.6. The molecule has 0 saturated heterocycles. The summed E-state index contributed by atoms with van der Waals surface area (Å²) in [5.41, 5.74) is 1.21. The maximum atomic E-state index is 13.5. The average Bonchev–Trinajstić information content (AvgIpc) is 3.02. The zero-order valence-corrected chi connectivity index (χ0v) is 16.5. The fourth-order valence-corrected chi connectivity index (χ4v) is 3.82. The van der Waals surface area contributed by atoms with E-state index < -0.39 is 0 Å². The van der Waals surface area contributed by atoms with E-state index in [1.165, 1.54) is 23.5 Å². The van der Waals surface area contributed by atoms with E-state index in [9.17, 15) is 9.18 Å². The Morgan fingerprint density at radius 1 is 1.25 bits per heavy atom. The van der Waals surface area contributed by atoms with Gasteiger partial charge in [-0.25, -0.2) is 4.39 Å². The van der Waals surface area contributed by atoms with Gasteiger partial charge in [-0.1, -0.05) is 37.0 Å². The van der Waals surface area contributed by atoms with E-state index in [2.05, 4.69) is 17.8 Å². The predicted octanol–water partition coefficient (Wildman–Crippen LogP) is 4.79. The van der Waals surface area contributed by atoms with Gasteiger partial charge in [0.25, 0.3) is 5.91 Å². The predicted molar refractivity (Wildman–Crippen MR) is 110 cm³/mol. The Morgan fingerprint density at radius 2 is 2.04 bits per heavy atom. The van der Waals surface area contributed by atoms with Crippen molar-refractivity contribution in [3.8, 4) is 18.1 Å². The van der Waals surface area contributed by atoms with Crippen LogP contribution in [0.5, 0.6) is 5.75 Å². The zero-order chi connectivity index (χ0) is 19.9. The average molecular weight is 396 g/mol. The minimum absolute atomic E-state index is 0.252. The monoisotopic (exact) mass is 396 g/mol. The number of nitrogens with zero attached hydrogens (tertiary/aromatic N) is 2. The quantitative estimate of drug-likeness (QED) is 0.426. The third kappa shape index (κ3) is 4.68. The summed E-state index contributed by atoms with van der Waals surface area (Å²) < 4.78 is 21.6. The number of fused-ring (bicyclic) bond motifs is 1. The number of ether oxygens (including phenoxy) is 1. The number of aromatic nitrogens is 1. The number of carbonyl (C=O) groups is 1. The molecule has 1 aromatic heterocycles. The van der Waals surface area contributed by atoms with Crippen LogP contribution in [0, 0.1) is 18.2 Å². The molecule has 2 aromatic carbocycles. The maximum absolute atomic E-state index is 13.5. The first-order valence-corrected chi connectivity index (χ1v) is 9.98. The van der Waals surface area contributed by atoms with Crippen LogP contribution in [0.25, 0.3) is 10.2 Å². The second-order valence-corrected chi connectivity index (χ2v) is 7.29. The molecule has 6 heteroatoms. The highest BCUT2D eigenvalue weighted by Gasteiger charge is 2.10. The Kier molecular flexibility index (Phi) is 6.62. The highest BCUT2D eigenvalue weighted by Crippen LogP contribution is 2.19. The van der Waals surface area contributed by atoms with Crippen LogP contribution in [0.4, 0.5) is 4.39 Å². The standard InChI is InChI=1S/C22H21FN2O2S/c1-3-5-6-14-27-18-10-7-16(8-11-18)21(26)24-22-25(13-4-2)19-12-9-17(23)15-20(19)28-22/h2,7-12,15H,3,5-6,13-14H2,1H3. The van der Waals surface area contributed by atoms with Crippen LogP contribution < -0.4 is 9.54 Å². The van der Waals surface area contributed by atoms with Crippen LogP contribution >= 0.6 is 11.3 Å². The molecule has 0 bridgehead atoms. The number of hydrogen-bond acceptors (Lipinski definition) is 3. The second kappa shape index (κ2) is 9.34. The normalized spacial score (nSPS) is 11.5. The fraction of sp³-hybridized carbons (Fsp3) is 0.273. The minimum atomic E-state index is -0.379. The summed E-state index contributed by atoms with van der Waals surface area (Å²) in [6.07, 6.45) is 8.73. The van der Waals surface area contributed by atoms with Crippen LogP contribution in [0.3, 0.4) is 0 Å². The molecule has 0 atom stereocenters. The van der Waals surface area contributed by atoms with E-state index in [0.717, 1.165) is 30.5 Å². The van der Waals surface area contributed by atoms with Gasteiger partial charge in [-0.2, -0.15) is 4.99 Å². The van der Waals surface area contributed by atoms with Gasteiger partial charge in [-0.15, -0.1) is 6.42 Å². The van der Waals surface area contributed by atoms with Crippen molar-refractivity contribution in [1.29, 1.82) is 0 Å². The van der Waals surface area contributed by atoms with Gasteiger partial charge in [0.05, 0.1) is 23.4 Å². The molecule has 144 valence electrons. The molecule has 3 aromatic rings. The van der Waals surface area contributed by atoms with Crippen LogP contribution in [0.15, 0.2) is 47.5 Å². The number of amides is 1. The molecule has 4 nitrogen and oxygen atoms in total. The first-order valence-electron chi connectivity index (χ1n) is 9.16. The Balaban J connectivity index is 1.84. The summed E-state index contributed by atoms with van der Waals surface area (Å²) in [7, 11) is 0. The Hall–Kier alpha value is -2.91. The van der Waals surface area contributed by atoms with Crippen molar-refractivity contribution in [2.75, 3.05) is 6.61 Å². The van der Waals surface area contributed by atoms with Gasteiger partial charge in [-0.05, 0) is 48.9 Å². The van der Waals surface area contributed by atoms with Crippen molar-refractivity contribution in [1.82, 2.24) is 4.57 Å². The van der Waals surface area contributed by atoms with Gasteiger partial charge < -0.3 is 9.30 Å². The smallest absolute Gasteiger partial charge is 0.279 e. The lowest BCUT2D eigenvalue weighted by atomic mass is 10.2. The SMILES string of the molecule is C#CCn1c(=NC(=O)c2ccc(OCCCCC)cc2)sc2cc(F)ccc21. The summed E-state index contributed by atoms with van der Waals surface area (Å²) in [6, 6.07) is 11.4. The van der Waals surface area contributed by atoms with Gasteiger partial charge in [0, 0.05) is 5.56 Å². The van der Waals surface area contributed by atoms with E-state index in [0.29, 0.717) is 21.7 Å². The van der Waals surface area contributed by atoms with Crippen molar-refractivity contribution < 1.29 is 13.9 Å². The lowest BCUT2D eigenvalue weighted by Crippen LogP contribution is -2.16. The third-order valence-corrected chi connectivity index (χ3v) is 5.25. The van der Waals surface area contributed by atoms with E-state index >= 15 is 0 Å². The highest BCUT2D eigenvalue weighted by molar-refractivity contribution is 7.16. The molecule has 0 N–H and O–H groups in total. The van der Waals surface area contributed by atoms with Gasteiger partial charge in [-0.3, -0.25) is 4.79 Å². The summed E-state index contributed by atoms with van der Waals surface area (Å²) in [6.45, 7) is 3.06. The molecule has 0 unspecified atom stereocenters. The highest BCUT2D eigenvalue weighted by atomic mass is 32.1. The Bertz CT molecular complexity index is 1070. The van der Waals surface area contributed by atoms with Crippen molar-refractivity contribution in [3.05, 3.63) is 58.6 Å². The van der Waals surface area contributed by atoms with Crippen molar-refractivity contribution in [2.24, 2.45) is 4.99 Å². The van der Waals surface area contributed by atoms with E-state index in [1.54, 1.807) is 34.9 Å². The number of terminal acetylenes is 1. The summed E-state index contributed by atoms with van der Waals surface area (Å²) in [5.74, 6) is 2.57. The number of rotatable bonds is 7. The molecule has 0 spiro atoms. The van der Waals surface area contributed by atoms with Crippen LogP contribution in [-0.4, -0.2) is 17.1 Å². The van der Waals surface area contributed by atoms with Crippen molar-refractivity contribution in [3.63, 3.8) is 0 Å². The van der Waals surface area contributed by atoms with E-state index in [-0.39, 0.29) is 18.3 Å². The summed E-state index contributed by atoms with van der Waals surface area (Å²) in [5, 5.41) is 0. The summed E-state index contributed by atoms with van der Waals surface area (Å²) in [4.78, 5) is 17.2. The number of halogens is 1. The molecule has 3 rings (SSSR count). The molecule has 0 aliphatic heterocycles. The number of unbranched alkanes of at least 4 members (excludes halogenated alkanes) is 2. The number of hydrogen-bond donors (Lipinski definition) is 0. The van der Waals surface area contributed by atoms with E-state index in [4.69, 9.17) is 11.2 Å². The molecule has 0 radical (unpaired) electrons. The first kappa shape index (κ1) is 19.8. The molecule has 0 fully saturated rings. The summed E-state index contributed by atoms with van der Waals surface area (Å²) >= 11 is 1.24. The topological polar surface area (TPSA) is 43.6 Å². The largest absolute Gasteiger partial charge is 0.494 e. The third-order valence-electron chi connectivity index (χ3n) is 4.21. The molecule has 0 saturated carbocycles. The Labute approximate surface area is 167 Å². The molecular formula is C22H21FN2O2S. The number of benzene rings is 2. The lowest BCUT2D eigenvalue weighted by Gasteiger charge is -2.05. The molecule has 28 heavy (non-hydrogen) atoms. The molecular weight excluding hydrogens is 375 g/mol.